The van der Waals surface area contributed by atoms with Gasteiger partial charge in [-0.3, -0.25) is 4.90 Å². The molecule has 0 bridgehead atoms. The monoisotopic (exact) mass is 243 g/mol. The molecule has 0 saturated carbocycles. The maximum absolute atomic E-state index is 6.02. The molecule has 0 aromatic rings. The predicted molar refractivity (Wildman–Crippen MR) is 72.2 cm³/mol. The number of hydrogen-bond acceptors (Lipinski definition) is 4. The molecular weight excluding hydrogens is 214 g/mol. The smallest absolute Gasteiger partial charge is 0.0597 e. The van der Waals surface area contributed by atoms with E-state index in [9.17, 15) is 0 Å². The van der Waals surface area contributed by atoms with Crippen LogP contribution in [0.4, 0.5) is 0 Å². The highest BCUT2D eigenvalue weighted by Gasteiger charge is 2.35. The van der Waals surface area contributed by atoms with Crippen molar-refractivity contribution in [2.75, 3.05) is 46.9 Å². The average Bonchev–Trinajstić information content (AvgIpc) is 2.30. The second-order valence-electron chi connectivity index (χ2n) is 5.57. The van der Waals surface area contributed by atoms with Crippen LogP contribution < -0.4 is 5.73 Å². The van der Waals surface area contributed by atoms with Gasteiger partial charge in [0.25, 0.3) is 0 Å². The molecule has 4 heteroatoms. The van der Waals surface area contributed by atoms with Gasteiger partial charge in [-0.05, 0) is 53.9 Å². The Morgan fingerprint density at radius 3 is 2.41 bits per heavy atom. The summed E-state index contributed by atoms with van der Waals surface area (Å²) in [5.74, 6) is 0. The lowest BCUT2D eigenvalue weighted by Crippen LogP contribution is -2.58. The van der Waals surface area contributed by atoms with E-state index in [1.165, 1.54) is 0 Å². The maximum atomic E-state index is 6.02. The van der Waals surface area contributed by atoms with Gasteiger partial charge in [0.15, 0.2) is 0 Å². The van der Waals surface area contributed by atoms with Crippen LogP contribution in [0, 0.1) is 0 Å². The van der Waals surface area contributed by atoms with Crippen LogP contribution in [0.1, 0.15) is 26.7 Å². The zero-order valence-corrected chi connectivity index (χ0v) is 11.9. The predicted octanol–water partition coefficient (Wildman–Crippen LogP) is 0.766. The minimum absolute atomic E-state index is 0.187. The Kier molecular flexibility index (Phi) is 5.86. The van der Waals surface area contributed by atoms with Crippen LogP contribution in [0.25, 0.3) is 0 Å². The third kappa shape index (κ3) is 4.21. The first-order valence-electron chi connectivity index (χ1n) is 6.71. The van der Waals surface area contributed by atoms with E-state index in [0.717, 1.165) is 45.6 Å². The molecule has 0 aliphatic carbocycles. The van der Waals surface area contributed by atoms with Gasteiger partial charge in [0.05, 0.1) is 12.7 Å². The number of piperidine rings is 1. The fourth-order valence-corrected chi connectivity index (χ4v) is 2.44. The first-order chi connectivity index (χ1) is 8.00. The van der Waals surface area contributed by atoms with Crippen molar-refractivity contribution in [3.05, 3.63) is 0 Å². The molecule has 0 radical (unpaired) electrons. The van der Waals surface area contributed by atoms with E-state index >= 15 is 0 Å². The molecule has 102 valence electrons. The zero-order valence-electron chi connectivity index (χ0n) is 11.9. The SMILES string of the molecule is CC(C)OCCN(C)C1(CN)CCN(C)CC1. The summed E-state index contributed by atoms with van der Waals surface area (Å²) in [6, 6.07) is 0. The van der Waals surface area contributed by atoms with E-state index in [1.807, 2.05) is 0 Å². The van der Waals surface area contributed by atoms with Crippen LogP contribution in [0.2, 0.25) is 0 Å². The van der Waals surface area contributed by atoms with E-state index in [2.05, 4.69) is 37.7 Å². The number of likely N-dealkylation sites (N-methyl/N-ethyl adjacent to an activating group) is 1. The summed E-state index contributed by atoms with van der Waals surface area (Å²) in [5.41, 5.74) is 6.20. The van der Waals surface area contributed by atoms with Gasteiger partial charge in [0.1, 0.15) is 0 Å². The van der Waals surface area contributed by atoms with Gasteiger partial charge in [-0.2, -0.15) is 0 Å². The summed E-state index contributed by atoms with van der Waals surface area (Å²) in [5, 5.41) is 0. The van der Waals surface area contributed by atoms with Crippen molar-refractivity contribution < 1.29 is 4.74 Å². The fourth-order valence-electron chi connectivity index (χ4n) is 2.44. The van der Waals surface area contributed by atoms with Gasteiger partial charge in [-0.1, -0.05) is 0 Å². The van der Waals surface area contributed by atoms with Crippen LogP contribution >= 0.6 is 0 Å². The summed E-state index contributed by atoms with van der Waals surface area (Å²) in [7, 11) is 4.37. The normalized spacial score (nSPS) is 21.4. The lowest BCUT2D eigenvalue weighted by molar-refractivity contribution is 0.0114. The van der Waals surface area contributed by atoms with E-state index in [4.69, 9.17) is 10.5 Å². The molecule has 0 aromatic carbocycles. The van der Waals surface area contributed by atoms with E-state index in [-0.39, 0.29) is 5.54 Å². The minimum Gasteiger partial charge on any atom is -0.377 e. The molecule has 0 unspecified atom stereocenters. The topological polar surface area (TPSA) is 41.7 Å². The maximum Gasteiger partial charge on any atom is 0.0597 e. The molecule has 1 fully saturated rings. The Morgan fingerprint density at radius 2 is 1.94 bits per heavy atom. The summed E-state index contributed by atoms with van der Waals surface area (Å²) in [6.07, 6.45) is 2.64. The van der Waals surface area contributed by atoms with Crippen molar-refractivity contribution in [2.24, 2.45) is 5.73 Å². The fraction of sp³-hybridized carbons (Fsp3) is 1.00. The van der Waals surface area contributed by atoms with E-state index in [0.29, 0.717) is 6.10 Å². The van der Waals surface area contributed by atoms with Crippen molar-refractivity contribution in [1.29, 1.82) is 0 Å². The van der Waals surface area contributed by atoms with E-state index < -0.39 is 0 Å². The van der Waals surface area contributed by atoms with Crippen molar-refractivity contribution >= 4 is 0 Å². The largest absolute Gasteiger partial charge is 0.377 e. The molecule has 1 aliphatic heterocycles. The Balaban J connectivity index is 2.43. The number of nitrogens with two attached hydrogens (primary N) is 1. The third-order valence-corrected chi connectivity index (χ3v) is 3.99. The van der Waals surface area contributed by atoms with Crippen molar-refractivity contribution in [3.8, 4) is 0 Å². The van der Waals surface area contributed by atoms with Gasteiger partial charge in [0.2, 0.25) is 0 Å². The number of ether oxygens (including phenoxy) is 1. The first kappa shape index (κ1) is 14.9. The molecule has 0 aromatic heterocycles. The van der Waals surface area contributed by atoms with Crippen molar-refractivity contribution in [1.82, 2.24) is 9.80 Å². The molecule has 1 aliphatic rings. The number of hydrogen-bond donors (Lipinski definition) is 1. The number of rotatable bonds is 6. The summed E-state index contributed by atoms with van der Waals surface area (Å²) < 4.78 is 5.62. The second kappa shape index (κ2) is 6.69. The van der Waals surface area contributed by atoms with Crippen LogP contribution in [0.5, 0.6) is 0 Å². The van der Waals surface area contributed by atoms with Gasteiger partial charge in [-0.15, -0.1) is 0 Å². The molecule has 2 N–H and O–H groups in total. The number of likely N-dealkylation sites (tertiary alicyclic amines) is 1. The molecule has 1 saturated heterocycles. The average molecular weight is 243 g/mol. The summed E-state index contributed by atoms with van der Waals surface area (Å²) in [6.45, 7) is 8.96. The lowest BCUT2D eigenvalue weighted by Gasteiger charge is -2.46. The van der Waals surface area contributed by atoms with Crippen LogP contribution in [0.15, 0.2) is 0 Å². The van der Waals surface area contributed by atoms with E-state index in [1.54, 1.807) is 0 Å². The standard InChI is InChI=1S/C13H29N3O/c1-12(2)17-10-9-16(4)13(11-14)5-7-15(3)8-6-13/h12H,5-11,14H2,1-4H3. The molecule has 0 atom stereocenters. The van der Waals surface area contributed by atoms with Crippen LogP contribution in [0.3, 0.4) is 0 Å². The van der Waals surface area contributed by atoms with Gasteiger partial charge >= 0.3 is 0 Å². The van der Waals surface area contributed by atoms with Crippen molar-refractivity contribution in [3.63, 3.8) is 0 Å². The Morgan fingerprint density at radius 1 is 1.35 bits per heavy atom. The van der Waals surface area contributed by atoms with Gasteiger partial charge in [0, 0.05) is 18.6 Å². The van der Waals surface area contributed by atoms with Gasteiger partial charge < -0.3 is 15.4 Å². The highest BCUT2D eigenvalue weighted by molar-refractivity contribution is 4.94. The lowest BCUT2D eigenvalue weighted by atomic mass is 9.86. The molecule has 1 rings (SSSR count). The molecule has 4 nitrogen and oxygen atoms in total. The van der Waals surface area contributed by atoms with Crippen LogP contribution in [-0.4, -0.2) is 68.3 Å². The molecular formula is C13H29N3O. The molecule has 0 spiro atoms. The first-order valence-corrected chi connectivity index (χ1v) is 6.71. The second-order valence-corrected chi connectivity index (χ2v) is 5.57. The Hall–Kier alpha value is -0.160. The van der Waals surface area contributed by atoms with Gasteiger partial charge in [-0.25, -0.2) is 0 Å². The van der Waals surface area contributed by atoms with Crippen LogP contribution in [-0.2, 0) is 4.74 Å². The van der Waals surface area contributed by atoms with Crippen molar-refractivity contribution in [2.45, 2.75) is 38.3 Å². The Bertz CT molecular complexity index is 213. The molecule has 17 heavy (non-hydrogen) atoms. The summed E-state index contributed by atoms with van der Waals surface area (Å²) >= 11 is 0. The quantitative estimate of drug-likeness (QED) is 0.748. The third-order valence-electron chi connectivity index (χ3n) is 3.99. The molecule has 0 amide bonds. The Labute approximate surface area is 106 Å². The zero-order chi connectivity index (χ0) is 12.9. The summed E-state index contributed by atoms with van der Waals surface area (Å²) in [4.78, 5) is 4.79. The highest BCUT2D eigenvalue weighted by Crippen LogP contribution is 2.26. The minimum atomic E-state index is 0.187. The number of nitrogens with zero attached hydrogens (tertiary/aromatic N) is 2. The molecule has 1 heterocycles. The highest BCUT2D eigenvalue weighted by atomic mass is 16.5.